The number of thioether (sulfide) groups is 1. The number of nitrogens with one attached hydrogen (secondary N) is 1. The minimum Gasteiger partial charge on any atom is -0.324 e. The van der Waals surface area contributed by atoms with E-state index in [0.29, 0.717) is 17.0 Å². The molecule has 0 bridgehead atoms. The number of amides is 1. The highest BCUT2D eigenvalue weighted by Crippen LogP contribution is 2.23. The molecule has 0 unspecified atom stereocenters. The van der Waals surface area contributed by atoms with Gasteiger partial charge in [0.15, 0.2) is 0 Å². The van der Waals surface area contributed by atoms with Crippen molar-refractivity contribution in [2.75, 3.05) is 11.1 Å². The zero-order valence-electron chi connectivity index (χ0n) is 14.3. The molecule has 0 atom stereocenters. The van der Waals surface area contributed by atoms with Crippen molar-refractivity contribution in [3.05, 3.63) is 65.2 Å². The summed E-state index contributed by atoms with van der Waals surface area (Å²) in [7, 11) is 0. The Kier molecular flexibility index (Phi) is 6.05. The summed E-state index contributed by atoms with van der Waals surface area (Å²) in [6.07, 6.45) is 0. The van der Waals surface area contributed by atoms with E-state index in [2.05, 4.69) is 56.4 Å². The molecule has 3 nitrogen and oxygen atoms in total. The molecule has 1 amide bonds. The molecule has 1 N–H and O–H groups in total. The highest BCUT2D eigenvalue weighted by molar-refractivity contribution is 7.99. The van der Waals surface area contributed by atoms with Gasteiger partial charge >= 0.3 is 0 Å². The van der Waals surface area contributed by atoms with Crippen LogP contribution in [0.15, 0.2) is 48.5 Å². The van der Waals surface area contributed by atoms with Crippen molar-refractivity contribution >= 4 is 23.4 Å². The van der Waals surface area contributed by atoms with Gasteiger partial charge < -0.3 is 5.32 Å². The van der Waals surface area contributed by atoms with Crippen molar-refractivity contribution in [2.24, 2.45) is 0 Å². The summed E-state index contributed by atoms with van der Waals surface area (Å²) >= 11 is 1.57. The molecule has 2 aromatic rings. The van der Waals surface area contributed by atoms with Crippen molar-refractivity contribution in [1.82, 2.24) is 0 Å². The Labute approximate surface area is 148 Å². The fourth-order valence-electron chi connectivity index (χ4n) is 2.24. The summed E-state index contributed by atoms with van der Waals surface area (Å²) in [5.74, 6) is 1.06. The predicted molar refractivity (Wildman–Crippen MR) is 101 cm³/mol. The number of rotatable bonds is 5. The van der Waals surface area contributed by atoms with E-state index in [1.807, 2.05) is 0 Å². The average molecular weight is 338 g/mol. The minimum absolute atomic E-state index is 0.0889. The SMILES string of the molecule is CC(C)(C)c1ccc(CSCC(=O)Nc2ccccc2C#N)cc1. The number of carbonyl (C=O) groups excluding carboxylic acids is 1. The monoisotopic (exact) mass is 338 g/mol. The van der Waals surface area contributed by atoms with Gasteiger partial charge in [0.2, 0.25) is 5.91 Å². The summed E-state index contributed by atoms with van der Waals surface area (Å²) in [6.45, 7) is 6.58. The number of nitriles is 1. The van der Waals surface area contributed by atoms with Crippen LogP contribution in [0.2, 0.25) is 0 Å². The quantitative estimate of drug-likeness (QED) is 0.857. The van der Waals surface area contributed by atoms with E-state index in [0.717, 1.165) is 5.75 Å². The maximum Gasteiger partial charge on any atom is 0.234 e. The molecule has 2 rings (SSSR count). The van der Waals surface area contributed by atoms with Crippen molar-refractivity contribution in [1.29, 1.82) is 5.26 Å². The number of hydrogen-bond acceptors (Lipinski definition) is 3. The molecule has 0 spiro atoms. The lowest BCUT2D eigenvalue weighted by Crippen LogP contribution is -2.15. The number of nitrogens with zero attached hydrogens (tertiary/aromatic N) is 1. The Hall–Kier alpha value is -2.25. The molecule has 24 heavy (non-hydrogen) atoms. The maximum atomic E-state index is 12.0. The van der Waals surface area contributed by atoms with Crippen LogP contribution in [0, 0.1) is 11.3 Å². The largest absolute Gasteiger partial charge is 0.324 e. The summed E-state index contributed by atoms with van der Waals surface area (Å²) in [4.78, 5) is 12.0. The molecule has 0 fully saturated rings. The van der Waals surface area contributed by atoms with Gasteiger partial charge in [-0.3, -0.25) is 4.79 Å². The average Bonchev–Trinajstić information content (AvgIpc) is 2.55. The van der Waals surface area contributed by atoms with Crippen LogP contribution >= 0.6 is 11.8 Å². The van der Waals surface area contributed by atoms with Gasteiger partial charge in [-0.15, -0.1) is 11.8 Å². The highest BCUT2D eigenvalue weighted by Gasteiger charge is 2.13. The van der Waals surface area contributed by atoms with E-state index in [1.165, 1.54) is 11.1 Å². The molecule has 2 aromatic carbocycles. The van der Waals surface area contributed by atoms with Gasteiger partial charge in [-0.25, -0.2) is 0 Å². The van der Waals surface area contributed by atoms with E-state index in [-0.39, 0.29) is 11.3 Å². The summed E-state index contributed by atoms with van der Waals surface area (Å²) in [6, 6.07) is 17.6. The lowest BCUT2D eigenvalue weighted by atomic mass is 9.87. The summed E-state index contributed by atoms with van der Waals surface area (Å²) < 4.78 is 0. The molecular formula is C20H22N2OS. The molecule has 0 aliphatic carbocycles. The summed E-state index contributed by atoms with van der Waals surface area (Å²) in [5.41, 5.74) is 3.72. The van der Waals surface area contributed by atoms with Gasteiger partial charge in [-0.2, -0.15) is 5.26 Å². The first-order valence-corrected chi connectivity index (χ1v) is 9.02. The Morgan fingerprint density at radius 1 is 1.12 bits per heavy atom. The number of hydrogen-bond donors (Lipinski definition) is 1. The Morgan fingerprint density at radius 2 is 1.79 bits per heavy atom. The Bertz CT molecular complexity index is 739. The van der Waals surface area contributed by atoms with Gasteiger partial charge in [0.1, 0.15) is 6.07 Å². The molecule has 124 valence electrons. The molecule has 0 saturated heterocycles. The molecule has 0 aromatic heterocycles. The van der Waals surface area contributed by atoms with Crippen LogP contribution in [0.25, 0.3) is 0 Å². The van der Waals surface area contributed by atoms with E-state index in [9.17, 15) is 4.79 Å². The second-order valence-electron chi connectivity index (χ2n) is 6.65. The van der Waals surface area contributed by atoms with Crippen LogP contribution in [0.1, 0.15) is 37.5 Å². The van der Waals surface area contributed by atoms with Crippen LogP contribution in [0.4, 0.5) is 5.69 Å². The minimum atomic E-state index is -0.0889. The highest BCUT2D eigenvalue weighted by atomic mass is 32.2. The van der Waals surface area contributed by atoms with Crippen LogP contribution in [-0.2, 0) is 16.0 Å². The molecule has 0 radical (unpaired) electrons. The number of benzene rings is 2. The number of para-hydroxylation sites is 1. The molecule has 0 heterocycles. The van der Waals surface area contributed by atoms with Gasteiger partial charge in [0.25, 0.3) is 0 Å². The topological polar surface area (TPSA) is 52.9 Å². The smallest absolute Gasteiger partial charge is 0.234 e. The summed E-state index contributed by atoms with van der Waals surface area (Å²) in [5, 5.41) is 11.8. The molecule has 0 aliphatic heterocycles. The van der Waals surface area contributed by atoms with Gasteiger partial charge in [-0.1, -0.05) is 57.2 Å². The van der Waals surface area contributed by atoms with Crippen LogP contribution in [0.3, 0.4) is 0 Å². The van der Waals surface area contributed by atoms with Crippen molar-refractivity contribution < 1.29 is 4.79 Å². The maximum absolute atomic E-state index is 12.0. The third-order valence-electron chi connectivity index (χ3n) is 3.64. The Balaban J connectivity index is 1.84. The van der Waals surface area contributed by atoms with E-state index >= 15 is 0 Å². The standard InChI is InChI=1S/C20H22N2OS/c1-20(2,3)17-10-8-15(9-11-17)13-24-14-19(23)22-18-7-5-4-6-16(18)12-21/h4-11H,13-14H2,1-3H3,(H,22,23). The van der Waals surface area contributed by atoms with Crippen LogP contribution in [-0.4, -0.2) is 11.7 Å². The van der Waals surface area contributed by atoms with Crippen molar-refractivity contribution in [3.8, 4) is 6.07 Å². The van der Waals surface area contributed by atoms with Crippen LogP contribution in [0.5, 0.6) is 0 Å². The van der Waals surface area contributed by atoms with Crippen molar-refractivity contribution in [3.63, 3.8) is 0 Å². The number of anilines is 1. The lowest BCUT2D eigenvalue weighted by Gasteiger charge is -2.19. The molecule has 0 aliphatic rings. The zero-order valence-corrected chi connectivity index (χ0v) is 15.1. The molecule has 0 saturated carbocycles. The first kappa shape index (κ1) is 18.1. The fraction of sp³-hybridized carbons (Fsp3) is 0.300. The van der Waals surface area contributed by atoms with Crippen LogP contribution < -0.4 is 5.32 Å². The molecule has 4 heteroatoms. The van der Waals surface area contributed by atoms with E-state index in [4.69, 9.17) is 5.26 Å². The van der Waals surface area contributed by atoms with E-state index < -0.39 is 0 Å². The number of carbonyl (C=O) groups is 1. The first-order chi connectivity index (χ1) is 11.4. The van der Waals surface area contributed by atoms with E-state index in [1.54, 1.807) is 36.0 Å². The molecular weight excluding hydrogens is 316 g/mol. The van der Waals surface area contributed by atoms with Gasteiger partial charge in [0.05, 0.1) is 17.0 Å². The van der Waals surface area contributed by atoms with Gasteiger partial charge in [0, 0.05) is 5.75 Å². The first-order valence-electron chi connectivity index (χ1n) is 7.86. The second kappa shape index (κ2) is 8.03. The third kappa shape index (κ3) is 5.14. The normalized spacial score (nSPS) is 10.9. The van der Waals surface area contributed by atoms with Gasteiger partial charge in [-0.05, 0) is 28.7 Å². The van der Waals surface area contributed by atoms with Crippen molar-refractivity contribution in [2.45, 2.75) is 31.9 Å². The fourth-order valence-corrected chi connectivity index (χ4v) is 3.03. The second-order valence-corrected chi connectivity index (χ2v) is 7.63. The third-order valence-corrected chi connectivity index (χ3v) is 4.65. The zero-order chi connectivity index (χ0) is 17.6. The lowest BCUT2D eigenvalue weighted by molar-refractivity contribution is -0.113. The predicted octanol–water partition coefficient (Wildman–Crippen LogP) is 4.73. The Morgan fingerprint density at radius 3 is 2.42 bits per heavy atom.